The molecule has 0 saturated carbocycles. The Kier molecular flexibility index (Phi) is 17.0. The Balaban J connectivity index is 0.807. The number of halogens is 1. The van der Waals surface area contributed by atoms with E-state index in [2.05, 4.69) is 157 Å². The van der Waals surface area contributed by atoms with Crippen LogP contribution in [0.15, 0.2) is 194 Å². The molecule has 1 aromatic heterocycles. The summed E-state index contributed by atoms with van der Waals surface area (Å²) in [4.78, 5) is 17.7. The zero-order chi connectivity index (χ0) is 51.8. The molecule has 12 heteroatoms. The van der Waals surface area contributed by atoms with Crippen molar-refractivity contribution >= 4 is 93.3 Å². The van der Waals surface area contributed by atoms with Crippen LogP contribution in [-0.2, 0) is 0 Å². The van der Waals surface area contributed by atoms with E-state index in [1.165, 1.54) is 0 Å². The zero-order valence-electron chi connectivity index (χ0n) is 42.4. The number of aromatic nitrogens is 3. The molecule has 0 atom stereocenters. The molecule has 0 bridgehead atoms. The monoisotopic (exact) mass is 1010 g/mol. The minimum Gasteiger partial charge on any atom is -0.494 e. The topological polar surface area (TPSA) is 106 Å². The number of nitrogens with zero attached hydrogens (tertiary/aromatic N) is 5. The smallest absolute Gasteiger partial charge is 0.233 e. The van der Waals surface area contributed by atoms with Crippen molar-refractivity contribution < 1.29 is 18.9 Å². The van der Waals surface area contributed by atoms with Crippen LogP contribution in [0.2, 0.25) is 5.28 Å². The maximum absolute atomic E-state index is 6.39. The van der Waals surface area contributed by atoms with Gasteiger partial charge in [-0.25, -0.2) is 0 Å². The lowest BCUT2D eigenvalue weighted by Gasteiger charge is -2.26. The van der Waals surface area contributed by atoms with E-state index in [1.807, 2.05) is 125 Å². The van der Waals surface area contributed by atoms with Crippen molar-refractivity contribution in [2.75, 3.05) is 46.9 Å². The molecule has 1 heterocycles. The van der Waals surface area contributed by atoms with E-state index in [0.717, 1.165) is 90.8 Å². The molecule has 376 valence electrons. The number of nitrogens with one attached hydrogen (secondary N) is 2. The van der Waals surface area contributed by atoms with Crippen LogP contribution in [0.4, 0.5) is 57.4 Å². The molecule has 0 unspecified atom stereocenters. The molecule has 9 rings (SSSR count). The Morgan fingerprint density at radius 1 is 0.333 bits per heavy atom. The van der Waals surface area contributed by atoms with Crippen LogP contribution >= 0.6 is 11.6 Å². The van der Waals surface area contributed by atoms with E-state index < -0.39 is 0 Å². The van der Waals surface area contributed by atoms with Crippen LogP contribution in [-0.4, -0.2) is 41.4 Å². The van der Waals surface area contributed by atoms with Gasteiger partial charge >= 0.3 is 0 Å². The second kappa shape index (κ2) is 25.1. The van der Waals surface area contributed by atoms with Crippen molar-refractivity contribution in [1.29, 1.82) is 0 Å². The van der Waals surface area contributed by atoms with Gasteiger partial charge in [0, 0.05) is 45.5 Å². The lowest BCUT2D eigenvalue weighted by atomic mass is 10.1. The van der Waals surface area contributed by atoms with Crippen molar-refractivity contribution in [2.45, 2.75) is 27.7 Å². The first-order valence-electron chi connectivity index (χ1n) is 25.1. The summed E-state index contributed by atoms with van der Waals surface area (Å²) in [5.41, 5.74) is 11.9. The summed E-state index contributed by atoms with van der Waals surface area (Å²) in [6.07, 6.45) is 8.36. The predicted molar refractivity (Wildman–Crippen MR) is 309 cm³/mol. The van der Waals surface area contributed by atoms with Crippen molar-refractivity contribution in [2.24, 2.45) is 0 Å². The summed E-state index contributed by atoms with van der Waals surface area (Å²) in [7, 11) is 0. The number of rotatable bonds is 22. The molecule has 11 nitrogen and oxygen atoms in total. The van der Waals surface area contributed by atoms with E-state index in [1.54, 1.807) is 0 Å². The van der Waals surface area contributed by atoms with Gasteiger partial charge in [-0.1, -0.05) is 72.8 Å². The van der Waals surface area contributed by atoms with E-state index >= 15 is 0 Å². The Hall–Kier alpha value is -9.06. The van der Waals surface area contributed by atoms with Gasteiger partial charge in [0.05, 0.1) is 26.4 Å². The summed E-state index contributed by atoms with van der Waals surface area (Å²) in [6, 6.07) is 65.6. The summed E-state index contributed by atoms with van der Waals surface area (Å²) < 4.78 is 22.8. The molecule has 0 saturated heterocycles. The molecule has 8 aromatic carbocycles. The molecule has 0 radical (unpaired) electrons. The fourth-order valence-electron chi connectivity index (χ4n) is 8.26. The predicted octanol–water partition coefficient (Wildman–Crippen LogP) is 16.9. The van der Waals surface area contributed by atoms with Gasteiger partial charge in [-0.2, -0.15) is 15.0 Å². The molecule has 2 N–H and O–H groups in total. The van der Waals surface area contributed by atoms with Crippen LogP contribution in [0.1, 0.15) is 49.9 Å². The number of anilines is 10. The van der Waals surface area contributed by atoms with Gasteiger partial charge in [-0.3, -0.25) is 0 Å². The average molecular weight is 1010 g/mol. The molecule has 0 amide bonds. The molecule has 0 spiro atoms. The Labute approximate surface area is 444 Å². The number of benzene rings is 8. The minimum absolute atomic E-state index is 0.0651. The minimum atomic E-state index is 0.0651. The third-order valence-corrected chi connectivity index (χ3v) is 12.0. The molecule has 0 fully saturated rings. The van der Waals surface area contributed by atoms with Crippen LogP contribution in [0.3, 0.4) is 0 Å². The van der Waals surface area contributed by atoms with Crippen molar-refractivity contribution in [3.05, 3.63) is 222 Å². The summed E-state index contributed by atoms with van der Waals surface area (Å²) in [5, 5.41) is 6.59. The summed E-state index contributed by atoms with van der Waals surface area (Å²) in [5.74, 6) is 3.98. The van der Waals surface area contributed by atoms with E-state index in [0.29, 0.717) is 38.3 Å². The highest BCUT2D eigenvalue weighted by Crippen LogP contribution is 2.38. The fourth-order valence-corrected chi connectivity index (χ4v) is 8.42. The van der Waals surface area contributed by atoms with Gasteiger partial charge in [-0.15, -0.1) is 0 Å². The van der Waals surface area contributed by atoms with Crippen molar-refractivity contribution in [1.82, 2.24) is 15.0 Å². The Morgan fingerprint density at radius 2 is 0.560 bits per heavy atom. The molecule has 0 aliphatic heterocycles. The van der Waals surface area contributed by atoms with Crippen LogP contribution in [0.25, 0.3) is 24.3 Å². The maximum Gasteiger partial charge on any atom is 0.233 e. The van der Waals surface area contributed by atoms with Gasteiger partial charge in [0.25, 0.3) is 0 Å². The van der Waals surface area contributed by atoms with Gasteiger partial charge < -0.3 is 39.4 Å². The van der Waals surface area contributed by atoms with E-state index in [4.69, 9.17) is 30.5 Å². The van der Waals surface area contributed by atoms with E-state index in [-0.39, 0.29) is 5.28 Å². The van der Waals surface area contributed by atoms with Crippen molar-refractivity contribution in [3.63, 3.8) is 0 Å². The van der Waals surface area contributed by atoms with Crippen molar-refractivity contribution in [3.8, 4) is 23.0 Å². The van der Waals surface area contributed by atoms with Crippen LogP contribution in [0, 0.1) is 0 Å². The zero-order valence-corrected chi connectivity index (χ0v) is 43.1. The molecule has 0 aliphatic rings. The molecular weight excluding hydrogens is 954 g/mol. The average Bonchev–Trinajstić information content (AvgIpc) is 3.43. The van der Waals surface area contributed by atoms with E-state index in [9.17, 15) is 0 Å². The highest BCUT2D eigenvalue weighted by molar-refractivity contribution is 6.28. The molecule has 9 aromatic rings. The summed E-state index contributed by atoms with van der Waals surface area (Å²) >= 11 is 6.39. The highest BCUT2D eigenvalue weighted by Gasteiger charge is 2.15. The fraction of sp³-hybridized carbons (Fsp3) is 0.127. The number of hydrogen-bond acceptors (Lipinski definition) is 11. The Morgan fingerprint density at radius 3 is 0.800 bits per heavy atom. The lowest BCUT2D eigenvalue weighted by Crippen LogP contribution is -2.10. The van der Waals surface area contributed by atoms with Gasteiger partial charge in [-0.05, 0) is 207 Å². The van der Waals surface area contributed by atoms with Gasteiger partial charge in [0.15, 0.2) is 0 Å². The third kappa shape index (κ3) is 13.7. The first-order valence-corrected chi connectivity index (χ1v) is 25.4. The first kappa shape index (κ1) is 50.9. The summed E-state index contributed by atoms with van der Waals surface area (Å²) in [6.45, 7) is 10.4. The second-order valence-electron chi connectivity index (χ2n) is 17.0. The van der Waals surface area contributed by atoms with Gasteiger partial charge in [0.1, 0.15) is 23.0 Å². The normalized spacial score (nSPS) is 11.1. The first-order chi connectivity index (χ1) is 36.8. The van der Waals surface area contributed by atoms with Gasteiger partial charge in [0.2, 0.25) is 17.2 Å². The third-order valence-electron chi connectivity index (χ3n) is 11.8. The quantitative estimate of drug-likeness (QED) is 0.0634. The number of ether oxygens (including phenoxy) is 4. The molecule has 0 aliphatic carbocycles. The SMILES string of the molecule is CCOc1ccc(N(c2ccc(/C=C/c3ccc(Nc4nc(Cl)nc(Nc5ccc(/C=C/c6ccc(N(c7ccc(OCC)cc7)c7ccc(OCC)cc7)cc6)cc5)n4)cc3)cc2)c2ccc(OCC)cc2)cc1. The molecular formula is C63H58ClN7O4. The maximum atomic E-state index is 6.39. The van der Waals surface area contributed by atoms with Crippen LogP contribution < -0.4 is 39.4 Å². The second-order valence-corrected chi connectivity index (χ2v) is 17.3. The highest BCUT2D eigenvalue weighted by atomic mass is 35.5. The largest absolute Gasteiger partial charge is 0.494 e. The number of hydrogen-bond donors (Lipinski definition) is 2. The Bertz CT molecular complexity index is 2960. The lowest BCUT2D eigenvalue weighted by molar-refractivity contribution is 0.340. The molecule has 75 heavy (non-hydrogen) atoms. The van der Waals surface area contributed by atoms with Crippen LogP contribution in [0.5, 0.6) is 23.0 Å². The standard InChI is InChI=1S/C63H58ClN7O4/c1-5-72-57-37-29-53(30-38-57)70(54-31-39-58(40-32-54)73-6-2)51-25-17-47(18-26-51)11-9-45-13-21-49(22-14-45)65-62-67-61(64)68-63(69-62)66-50-23-15-46(16-24-50)10-12-48-19-27-52(28-20-48)71(55-33-41-59(42-34-55)74-7-3)56-35-43-60(44-36-56)75-8-4/h9-44H,5-8H2,1-4H3,(H2,65,66,67,68,69)/b11-9+,12-10+.